The Kier molecular flexibility index (Phi) is 4.65. The van der Waals surface area contributed by atoms with Crippen molar-refractivity contribution in [3.63, 3.8) is 0 Å². The number of nitrogens with one attached hydrogen (secondary N) is 1. The summed E-state index contributed by atoms with van der Waals surface area (Å²) in [6.07, 6.45) is 2.18. The minimum absolute atomic E-state index is 0.652. The van der Waals surface area contributed by atoms with E-state index in [4.69, 9.17) is 4.74 Å². The van der Waals surface area contributed by atoms with Crippen LogP contribution in [0.4, 0.5) is 0 Å². The van der Waals surface area contributed by atoms with Crippen molar-refractivity contribution in [2.24, 2.45) is 11.8 Å². The first-order chi connectivity index (χ1) is 8.66. The fraction of sp³-hybridized carbons (Fsp3) is 0.625. The van der Waals surface area contributed by atoms with E-state index in [1.807, 2.05) is 0 Å². The lowest BCUT2D eigenvalue weighted by atomic mass is 9.98. The number of hydrogen-bond donors (Lipinski definition) is 1. The van der Waals surface area contributed by atoms with Crippen LogP contribution in [0.3, 0.4) is 0 Å². The maximum absolute atomic E-state index is 5.75. The third-order valence-electron chi connectivity index (χ3n) is 3.41. The molecule has 1 aromatic rings. The van der Waals surface area contributed by atoms with Gasteiger partial charge in [0.05, 0.1) is 6.61 Å². The highest BCUT2D eigenvalue weighted by atomic mass is 16.5. The monoisotopic (exact) mass is 247 g/mol. The van der Waals surface area contributed by atoms with E-state index in [0.29, 0.717) is 5.92 Å². The Morgan fingerprint density at radius 2 is 2.06 bits per heavy atom. The topological polar surface area (TPSA) is 21.3 Å². The molecule has 0 aromatic heterocycles. The van der Waals surface area contributed by atoms with Gasteiger partial charge in [-0.2, -0.15) is 0 Å². The summed E-state index contributed by atoms with van der Waals surface area (Å²) in [5.41, 5.74) is 2.76. The van der Waals surface area contributed by atoms with Crippen molar-refractivity contribution in [2.75, 3.05) is 19.7 Å². The van der Waals surface area contributed by atoms with Gasteiger partial charge < -0.3 is 10.1 Å². The average Bonchev–Trinajstić information content (AvgIpc) is 2.77. The van der Waals surface area contributed by atoms with E-state index in [2.05, 4.69) is 44.3 Å². The van der Waals surface area contributed by atoms with Crippen LogP contribution in [-0.4, -0.2) is 19.7 Å². The summed E-state index contributed by atoms with van der Waals surface area (Å²) in [5.74, 6) is 2.54. The first kappa shape index (κ1) is 13.4. The van der Waals surface area contributed by atoms with Crippen molar-refractivity contribution in [1.29, 1.82) is 0 Å². The Hall–Kier alpha value is -1.02. The van der Waals surface area contributed by atoms with Gasteiger partial charge >= 0.3 is 0 Å². The number of fused-ring (bicyclic) bond motifs is 1. The van der Waals surface area contributed by atoms with Crippen LogP contribution < -0.4 is 10.1 Å². The van der Waals surface area contributed by atoms with E-state index >= 15 is 0 Å². The highest BCUT2D eigenvalue weighted by Gasteiger charge is 2.17. The summed E-state index contributed by atoms with van der Waals surface area (Å²) in [6, 6.07) is 6.56. The van der Waals surface area contributed by atoms with Crippen LogP contribution in [-0.2, 0) is 12.8 Å². The van der Waals surface area contributed by atoms with E-state index in [1.54, 1.807) is 0 Å². The lowest BCUT2D eigenvalue weighted by Gasteiger charge is -2.15. The summed E-state index contributed by atoms with van der Waals surface area (Å²) in [7, 11) is 0. The normalized spacial score (nSPS) is 15.6. The molecule has 100 valence electrons. The first-order valence-electron chi connectivity index (χ1n) is 7.11. The Labute approximate surface area is 111 Å². The van der Waals surface area contributed by atoms with Crippen molar-refractivity contribution >= 4 is 0 Å². The molecule has 0 saturated carbocycles. The molecule has 1 aromatic carbocycles. The molecule has 1 atom stereocenters. The van der Waals surface area contributed by atoms with Crippen molar-refractivity contribution in [1.82, 2.24) is 5.32 Å². The van der Waals surface area contributed by atoms with E-state index in [-0.39, 0.29) is 0 Å². The Morgan fingerprint density at radius 3 is 2.83 bits per heavy atom. The second-order valence-electron chi connectivity index (χ2n) is 5.87. The molecule has 0 radical (unpaired) electrons. The van der Waals surface area contributed by atoms with E-state index in [9.17, 15) is 0 Å². The molecule has 2 rings (SSSR count). The average molecular weight is 247 g/mol. The van der Waals surface area contributed by atoms with Crippen LogP contribution in [0.1, 0.15) is 31.9 Å². The summed E-state index contributed by atoms with van der Waals surface area (Å²) in [6.45, 7) is 9.84. The van der Waals surface area contributed by atoms with Gasteiger partial charge in [-0.25, -0.2) is 0 Å². The molecule has 1 N–H and O–H groups in total. The summed E-state index contributed by atoms with van der Waals surface area (Å²) >= 11 is 0. The van der Waals surface area contributed by atoms with Gasteiger partial charge in [-0.3, -0.25) is 0 Å². The maximum Gasteiger partial charge on any atom is 0.125 e. The Balaban J connectivity index is 1.87. The molecule has 1 aliphatic rings. The summed E-state index contributed by atoms with van der Waals surface area (Å²) in [4.78, 5) is 0. The second-order valence-corrected chi connectivity index (χ2v) is 5.87. The molecular weight excluding hydrogens is 222 g/mol. The molecule has 1 unspecified atom stereocenters. The van der Waals surface area contributed by atoms with Crippen LogP contribution >= 0.6 is 0 Å². The maximum atomic E-state index is 5.75. The van der Waals surface area contributed by atoms with E-state index in [0.717, 1.165) is 44.2 Å². The molecule has 2 heteroatoms. The predicted molar refractivity (Wildman–Crippen MR) is 76.2 cm³/mol. The molecule has 18 heavy (non-hydrogen) atoms. The van der Waals surface area contributed by atoms with Crippen LogP contribution in [0.25, 0.3) is 0 Å². The van der Waals surface area contributed by atoms with Crippen LogP contribution in [0.15, 0.2) is 18.2 Å². The highest BCUT2D eigenvalue weighted by molar-refractivity contribution is 5.44. The number of ether oxygens (including phenoxy) is 1. The second kappa shape index (κ2) is 6.24. The van der Waals surface area contributed by atoms with E-state index in [1.165, 1.54) is 11.1 Å². The van der Waals surface area contributed by atoms with Gasteiger partial charge in [0.1, 0.15) is 5.75 Å². The van der Waals surface area contributed by atoms with Gasteiger partial charge in [-0.15, -0.1) is 0 Å². The lowest BCUT2D eigenvalue weighted by Crippen LogP contribution is -2.26. The minimum atomic E-state index is 0.652. The number of hydrogen-bond acceptors (Lipinski definition) is 2. The van der Waals surface area contributed by atoms with Crippen molar-refractivity contribution in [3.8, 4) is 5.75 Å². The molecule has 0 saturated heterocycles. The van der Waals surface area contributed by atoms with Crippen molar-refractivity contribution < 1.29 is 4.74 Å². The molecule has 2 nitrogen and oxygen atoms in total. The zero-order chi connectivity index (χ0) is 13.0. The first-order valence-corrected chi connectivity index (χ1v) is 7.11. The third-order valence-corrected chi connectivity index (χ3v) is 3.41. The van der Waals surface area contributed by atoms with Gasteiger partial charge in [0.2, 0.25) is 0 Å². The van der Waals surface area contributed by atoms with Crippen LogP contribution in [0, 0.1) is 11.8 Å². The fourth-order valence-corrected chi connectivity index (χ4v) is 2.51. The highest BCUT2D eigenvalue weighted by Crippen LogP contribution is 2.30. The standard InChI is InChI=1S/C16H25NO/c1-12(2)10-17-11-13(3)9-15-6-4-5-14-7-8-18-16(14)15/h4-6,12-13,17H,7-11H2,1-3H3. The van der Waals surface area contributed by atoms with Gasteiger partial charge in [0, 0.05) is 6.42 Å². The Bertz CT molecular complexity index is 387. The van der Waals surface area contributed by atoms with Crippen molar-refractivity contribution in [3.05, 3.63) is 29.3 Å². The fourth-order valence-electron chi connectivity index (χ4n) is 2.51. The molecule has 0 bridgehead atoms. The molecule has 0 amide bonds. The zero-order valence-electron chi connectivity index (χ0n) is 11.8. The van der Waals surface area contributed by atoms with Gasteiger partial charge in [0.25, 0.3) is 0 Å². The lowest BCUT2D eigenvalue weighted by molar-refractivity contribution is 0.350. The smallest absolute Gasteiger partial charge is 0.125 e. The molecule has 0 spiro atoms. The molecule has 1 aliphatic heterocycles. The quantitative estimate of drug-likeness (QED) is 0.834. The molecule has 0 fully saturated rings. The van der Waals surface area contributed by atoms with Crippen LogP contribution in [0.5, 0.6) is 5.75 Å². The van der Waals surface area contributed by atoms with Crippen LogP contribution in [0.2, 0.25) is 0 Å². The zero-order valence-corrected chi connectivity index (χ0v) is 11.8. The number of benzene rings is 1. The number of para-hydroxylation sites is 1. The molecule has 1 heterocycles. The third kappa shape index (κ3) is 3.49. The summed E-state index contributed by atoms with van der Waals surface area (Å²) < 4.78 is 5.75. The largest absolute Gasteiger partial charge is 0.493 e. The van der Waals surface area contributed by atoms with Gasteiger partial charge in [-0.05, 0) is 42.5 Å². The summed E-state index contributed by atoms with van der Waals surface area (Å²) in [5, 5.41) is 3.53. The minimum Gasteiger partial charge on any atom is -0.493 e. The van der Waals surface area contributed by atoms with Crippen molar-refractivity contribution in [2.45, 2.75) is 33.6 Å². The Morgan fingerprint density at radius 1 is 1.22 bits per heavy atom. The molecule has 0 aliphatic carbocycles. The van der Waals surface area contributed by atoms with Gasteiger partial charge in [0.15, 0.2) is 0 Å². The predicted octanol–water partition coefficient (Wildman–Crippen LogP) is 3.05. The van der Waals surface area contributed by atoms with E-state index < -0.39 is 0 Å². The SMILES string of the molecule is CC(C)CNCC(C)Cc1cccc2c1OCC2. The van der Waals surface area contributed by atoms with Gasteiger partial charge in [-0.1, -0.05) is 39.0 Å². The number of rotatable bonds is 6. The molecular formula is C16H25NO.